The molecule has 0 bridgehead atoms. The summed E-state index contributed by atoms with van der Waals surface area (Å²) in [6.07, 6.45) is 4.39. The van der Waals surface area contributed by atoms with E-state index < -0.39 is 0 Å². The van der Waals surface area contributed by atoms with Crippen LogP contribution in [0, 0.1) is 13.8 Å². The van der Waals surface area contributed by atoms with Crippen molar-refractivity contribution in [3.8, 4) is 22.5 Å². The number of methoxy groups -OCH3 is 1. The number of nitrogens with zero attached hydrogens (tertiary/aromatic N) is 2. The van der Waals surface area contributed by atoms with E-state index in [1.807, 2.05) is 62.4 Å². The Morgan fingerprint density at radius 1 is 0.861 bits per heavy atom. The van der Waals surface area contributed by atoms with Gasteiger partial charge in [0.2, 0.25) is 0 Å². The van der Waals surface area contributed by atoms with Crippen molar-refractivity contribution >= 4 is 5.97 Å². The summed E-state index contributed by atoms with van der Waals surface area (Å²) in [6.45, 7) is 4.03. The van der Waals surface area contributed by atoms with E-state index in [4.69, 9.17) is 13.8 Å². The smallest absolute Gasteiger partial charge is 0.343 e. The highest BCUT2D eigenvalue weighted by atomic mass is 16.5. The predicted octanol–water partition coefficient (Wildman–Crippen LogP) is 6.33. The summed E-state index contributed by atoms with van der Waals surface area (Å²) in [4.78, 5) is 12.0. The van der Waals surface area contributed by atoms with Gasteiger partial charge in [0, 0.05) is 28.5 Å². The Morgan fingerprint density at radius 2 is 1.36 bits per heavy atom. The molecule has 1 N–H and O–H groups in total. The van der Waals surface area contributed by atoms with E-state index in [9.17, 15) is 9.90 Å². The topological polar surface area (TPSA) is 98.6 Å². The first-order chi connectivity index (χ1) is 17.5. The van der Waals surface area contributed by atoms with Gasteiger partial charge in [0.05, 0.1) is 13.7 Å². The molecule has 2 aromatic carbocycles. The number of carbonyl (C=O) groups excluding carboxylic acids is 1. The zero-order valence-corrected chi connectivity index (χ0v) is 20.8. The summed E-state index contributed by atoms with van der Waals surface area (Å²) in [5, 5.41) is 17.8. The first kappa shape index (κ1) is 24.0. The number of aryl methyl sites for hydroxylation is 2. The third-order valence-corrected chi connectivity index (χ3v) is 6.78. The Morgan fingerprint density at radius 3 is 1.89 bits per heavy atom. The number of hydrogen-bond donors (Lipinski definition) is 1. The van der Waals surface area contributed by atoms with Crippen molar-refractivity contribution in [1.29, 1.82) is 0 Å². The fourth-order valence-corrected chi connectivity index (χ4v) is 4.44. The molecule has 0 saturated heterocycles. The van der Waals surface area contributed by atoms with Crippen molar-refractivity contribution in [3.05, 3.63) is 82.3 Å². The van der Waals surface area contributed by atoms with Crippen LogP contribution in [0.4, 0.5) is 0 Å². The third kappa shape index (κ3) is 4.71. The van der Waals surface area contributed by atoms with Crippen LogP contribution in [0.15, 0.2) is 57.6 Å². The molecule has 0 spiro atoms. The Balaban J connectivity index is 0.000000149. The molecule has 0 unspecified atom stereocenters. The molecule has 2 aliphatic carbocycles. The molecule has 2 heterocycles. The number of esters is 1. The molecule has 2 fully saturated rings. The fraction of sp³-hybridized carbons (Fsp3) is 0.345. The molecule has 2 saturated carbocycles. The number of benzene rings is 2. The quantitative estimate of drug-likeness (QED) is 0.318. The minimum atomic E-state index is -0.374. The second-order valence-corrected chi connectivity index (χ2v) is 9.47. The zero-order chi connectivity index (χ0) is 25.2. The van der Waals surface area contributed by atoms with Crippen LogP contribution in [0.2, 0.25) is 0 Å². The molecule has 36 heavy (non-hydrogen) atoms. The molecule has 7 heteroatoms. The van der Waals surface area contributed by atoms with E-state index in [0.717, 1.165) is 65.0 Å². The lowest BCUT2D eigenvalue weighted by Gasteiger charge is -2.04. The lowest BCUT2D eigenvalue weighted by Crippen LogP contribution is -2.05. The number of rotatable bonds is 6. The number of carbonyl (C=O) groups is 1. The van der Waals surface area contributed by atoms with Gasteiger partial charge in [0.15, 0.2) is 5.76 Å². The molecule has 0 atom stereocenters. The van der Waals surface area contributed by atoms with E-state index in [1.165, 1.54) is 7.11 Å². The molecular formula is C29H30N2O5. The summed E-state index contributed by atoms with van der Waals surface area (Å²) in [6, 6.07) is 15.9. The molecule has 2 aromatic heterocycles. The van der Waals surface area contributed by atoms with Gasteiger partial charge >= 0.3 is 5.97 Å². The normalized spacial score (nSPS) is 14.8. The number of hydrogen-bond acceptors (Lipinski definition) is 7. The minimum absolute atomic E-state index is 0.000991. The molecule has 4 aromatic rings. The Bertz CT molecular complexity index is 1380. The van der Waals surface area contributed by atoms with Crippen LogP contribution >= 0.6 is 0 Å². The van der Waals surface area contributed by atoms with Gasteiger partial charge in [-0.25, -0.2) is 4.79 Å². The van der Waals surface area contributed by atoms with Gasteiger partial charge in [-0.2, -0.15) is 0 Å². The highest BCUT2D eigenvalue weighted by Crippen LogP contribution is 2.45. The van der Waals surface area contributed by atoms with E-state index in [0.29, 0.717) is 28.9 Å². The van der Waals surface area contributed by atoms with E-state index in [-0.39, 0.29) is 12.6 Å². The SMILES string of the molecule is COC(=O)c1c(-c2ccccc2C)noc1C1CC1.Cc1ccccc1-c1noc(C2CC2)c1CO. The van der Waals surface area contributed by atoms with Gasteiger partial charge in [-0.05, 0) is 50.7 Å². The van der Waals surface area contributed by atoms with Crippen LogP contribution in [0.3, 0.4) is 0 Å². The average Bonchev–Trinajstić information content (AvgIpc) is 3.84. The maximum Gasteiger partial charge on any atom is 0.343 e. The highest BCUT2D eigenvalue weighted by Gasteiger charge is 2.36. The lowest BCUT2D eigenvalue weighted by molar-refractivity contribution is 0.0599. The minimum Gasteiger partial charge on any atom is -0.465 e. The Labute approximate surface area is 210 Å². The largest absolute Gasteiger partial charge is 0.465 e. The molecule has 0 radical (unpaired) electrons. The number of aliphatic hydroxyl groups excluding tert-OH is 1. The lowest BCUT2D eigenvalue weighted by atomic mass is 10.0. The molecule has 0 amide bonds. The van der Waals surface area contributed by atoms with Crippen LogP contribution < -0.4 is 0 Å². The number of ether oxygens (including phenoxy) is 1. The van der Waals surface area contributed by atoms with Crippen LogP contribution in [-0.4, -0.2) is 28.5 Å². The third-order valence-electron chi connectivity index (χ3n) is 6.78. The molecule has 6 rings (SSSR count). The number of aliphatic hydroxyl groups is 1. The molecule has 0 aliphatic heterocycles. The standard InChI is InChI=1S/C15H15NO3.C14H15NO2/c1-9-5-3-4-6-11(9)13-12(15(17)18-2)14(19-16-13)10-7-8-10;1-9-4-2-3-5-11(9)13-12(8-16)14(17-15-13)10-6-7-10/h3-6,10H,7-8H2,1-2H3;2-5,10,16H,6-8H2,1H3. The summed E-state index contributed by atoms with van der Waals surface area (Å²) in [7, 11) is 1.38. The monoisotopic (exact) mass is 486 g/mol. The first-order valence-corrected chi connectivity index (χ1v) is 12.3. The maximum atomic E-state index is 12.0. The molecular weight excluding hydrogens is 456 g/mol. The second kappa shape index (κ2) is 10.1. The first-order valence-electron chi connectivity index (χ1n) is 12.3. The summed E-state index contributed by atoms with van der Waals surface area (Å²) in [5.41, 5.74) is 6.91. The average molecular weight is 487 g/mol. The van der Waals surface area contributed by atoms with Crippen LogP contribution in [0.25, 0.3) is 22.5 Å². The van der Waals surface area contributed by atoms with Gasteiger partial charge in [-0.3, -0.25) is 0 Å². The maximum absolute atomic E-state index is 12.0. The summed E-state index contributed by atoms with van der Waals surface area (Å²) in [5.74, 6) is 1.97. The van der Waals surface area contributed by atoms with Crippen LogP contribution in [-0.2, 0) is 11.3 Å². The van der Waals surface area contributed by atoms with E-state index >= 15 is 0 Å². The van der Waals surface area contributed by atoms with Crippen molar-refractivity contribution in [2.75, 3.05) is 7.11 Å². The highest BCUT2D eigenvalue weighted by molar-refractivity contribution is 5.97. The summed E-state index contributed by atoms with van der Waals surface area (Å²) >= 11 is 0. The Hall–Kier alpha value is -3.71. The second-order valence-electron chi connectivity index (χ2n) is 9.47. The van der Waals surface area contributed by atoms with Crippen molar-refractivity contribution in [2.45, 2.75) is 58.0 Å². The van der Waals surface area contributed by atoms with Crippen molar-refractivity contribution in [2.24, 2.45) is 0 Å². The number of aromatic nitrogens is 2. The fourth-order valence-electron chi connectivity index (χ4n) is 4.44. The molecule has 7 nitrogen and oxygen atoms in total. The van der Waals surface area contributed by atoms with Crippen molar-refractivity contribution < 1.29 is 23.7 Å². The Kier molecular flexibility index (Phi) is 6.74. The summed E-state index contributed by atoms with van der Waals surface area (Å²) < 4.78 is 15.7. The van der Waals surface area contributed by atoms with Crippen molar-refractivity contribution in [1.82, 2.24) is 10.3 Å². The van der Waals surface area contributed by atoms with Gasteiger partial charge in [0.1, 0.15) is 22.7 Å². The predicted molar refractivity (Wildman–Crippen MR) is 135 cm³/mol. The zero-order valence-electron chi connectivity index (χ0n) is 20.8. The molecule has 186 valence electrons. The van der Waals surface area contributed by atoms with Gasteiger partial charge < -0.3 is 18.9 Å². The van der Waals surface area contributed by atoms with Crippen molar-refractivity contribution in [3.63, 3.8) is 0 Å². The van der Waals surface area contributed by atoms with E-state index in [2.05, 4.69) is 10.3 Å². The van der Waals surface area contributed by atoms with Gasteiger partial charge in [-0.1, -0.05) is 58.8 Å². The molecule has 2 aliphatic rings. The van der Waals surface area contributed by atoms with Gasteiger partial charge in [0.25, 0.3) is 0 Å². The van der Waals surface area contributed by atoms with Crippen LogP contribution in [0.5, 0.6) is 0 Å². The van der Waals surface area contributed by atoms with Crippen LogP contribution in [0.1, 0.15) is 76.1 Å². The van der Waals surface area contributed by atoms with Gasteiger partial charge in [-0.15, -0.1) is 0 Å². The van der Waals surface area contributed by atoms with E-state index in [1.54, 1.807) is 0 Å².